The van der Waals surface area contributed by atoms with Gasteiger partial charge < -0.3 is 24.6 Å². The molecule has 0 atom stereocenters. The highest BCUT2D eigenvalue weighted by Crippen LogP contribution is 2.30. The predicted octanol–water partition coefficient (Wildman–Crippen LogP) is 5.06. The van der Waals surface area contributed by atoms with Gasteiger partial charge in [0.05, 0.1) is 18.9 Å². The number of phenolic OH excluding ortho intramolecular Hbond substituents is 1. The van der Waals surface area contributed by atoms with Crippen LogP contribution in [0.1, 0.15) is 29.4 Å². The lowest BCUT2D eigenvalue weighted by atomic mass is 10.1. The van der Waals surface area contributed by atoms with E-state index in [4.69, 9.17) is 14.2 Å². The summed E-state index contributed by atoms with van der Waals surface area (Å²) in [5.74, 6) is 0.329. The van der Waals surface area contributed by atoms with Crippen LogP contribution in [0, 0.1) is 0 Å². The van der Waals surface area contributed by atoms with Crippen molar-refractivity contribution in [3.8, 4) is 11.5 Å². The van der Waals surface area contributed by atoms with Gasteiger partial charge in [-0.3, -0.25) is 4.79 Å². The Kier molecular flexibility index (Phi) is 7.17. The molecule has 1 amide bonds. The van der Waals surface area contributed by atoms with E-state index in [1.165, 1.54) is 12.1 Å². The van der Waals surface area contributed by atoms with Crippen molar-refractivity contribution in [2.75, 3.05) is 18.5 Å². The molecule has 0 aromatic heterocycles. The van der Waals surface area contributed by atoms with Gasteiger partial charge in [0, 0.05) is 11.6 Å². The van der Waals surface area contributed by atoms with Crippen molar-refractivity contribution in [1.29, 1.82) is 0 Å². The molecule has 6 nitrogen and oxygen atoms in total. The van der Waals surface area contributed by atoms with Gasteiger partial charge in [-0.05, 0) is 47.9 Å². The highest BCUT2D eigenvalue weighted by atomic mass is 16.7. The fourth-order valence-electron chi connectivity index (χ4n) is 3.28. The van der Waals surface area contributed by atoms with Crippen molar-refractivity contribution in [1.82, 2.24) is 0 Å². The molecule has 164 valence electrons. The van der Waals surface area contributed by atoms with Crippen LogP contribution in [0.2, 0.25) is 0 Å². The van der Waals surface area contributed by atoms with Gasteiger partial charge in [-0.1, -0.05) is 48.5 Å². The summed E-state index contributed by atoms with van der Waals surface area (Å²) >= 11 is 0. The zero-order valence-corrected chi connectivity index (χ0v) is 17.6. The lowest BCUT2D eigenvalue weighted by molar-refractivity contribution is -0.183. The molecule has 1 saturated heterocycles. The van der Waals surface area contributed by atoms with Crippen molar-refractivity contribution in [2.24, 2.45) is 0 Å². The van der Waals surface area contributed by atoms with E-state index in [0.717, 1.165) is 23.1 Å². The van der Waals surface area contributed by atoms with Gasteiger partial charge in [-0.2, -0.15) is 0 Å². The summed E-state index contributed by atoms with van der Waals surface area (Å²) in [7, 11) is 0. The number of carbonyl (C=O) groups excluding carboxylic acids is 1. The van der Waals surface area contributed by atoms with E-state index in [9.17, 15) is 9.90 Å². The molecule has 3 aromatic rings. The number of benzene rings is 3. The number of carbonyl (C=O) groups is 1. The van der Waals surface area contributed by atoms with Crippen LogP contribution in [0.25, 0.3) is 6.08 Å². The zero-order valence-electron chi connectivity index (χ0n) is 17.6. The van der Waals surface area contributed by atoms with Crippen LogP contribution in [-0.2, 0) is 20.9 Å². The quantitative estimate of drug-likeness (QED) is 0.404. The molecule has 1 aliphatic heterocycles. The smallest absolute Gasteiger partial charge is 0.248 e. The number of hydrogen-bond donors (Lipinski definition) is 2. The second-order valence-electron chi connectivity index (χ2n) is 7.37. The van der Waals surface area contributed by atoms with Gasteiger partial charge in [0.25, 0.3) is 0 Å². The molecule has 0 saturated carbocycles. The predicted molar refractivity (Wildman–Crippen MR) is 122 cm³/mol. The Morgan fingerprint density at radius 3 is 2.66 bits per heavy atom. The molecular formula is C26H25NO5. The molecule has 2 N–H and O–H groups in total. The third kappa shape index (κ3) is 5.97. The van der Waals surface area contributed by atoms with Gasteiger partial charge in [0.15, 0.2) is 6.29 Å². The van der Waals surface area contributed by atoms with Crippen LogP contribution in [0.3, 0.4) is 0 Å². The van der Waals surface area contributed by atoms with E-state index in [0.29, 0.717) is 31.3 Å². The van der Waals surface area contributed by atoms with Crippen molar-refractivity contribution in [3.63, 3.8) is 0 Å². The largest absolute Gasteiger partial charge is 0.506 e. The topological polar surface area (TPSA) is 77.0 Å². The van der Waals surface area contributed by atoms with Gasteiger partial charge in [-0.15, -0.1) is 0 Å². The molecule has 4 rings (SSSR count). The number of phenols is 1. The highest BCUT2D eigenvalue weighted by molar-refractivity contribution is 6.02. The summed E-state index contributed by atoms with van der Waals surface area (Å²) in [5.41, 5.74) is 2.95. The maximum absolute atomic E-state index is 12.4. The SMILES string of the molecule is O=C(/C=C/c1cccc(OCc2ccccc2)c1)Nc1cc(C2OCCCO2)ccc1O. The molecule has 0 radical (unpaired) electrons. The summed E-state index contributed by atoms with van der Waals surface area (Å²) in [6.45, 7) is 1.70. The average molecular weight is 431 g/mol. The lowest BCUT2D eigenvalue weighted by Crippen LogP contribution is -2.18. The molecule has 3 aromatic carbocycles. The first-order chi connectivity index (χ1) is 15.7. The Bertz CT molecular complexity index is 1070. The van der Waals surface area contributed by atoms with E-state index in [1.54, 1.807) is 18.2 Å². The second kappa shape index (κ2) is 10.6. The zero-order chi connectivity index (χ0) is 22.2. The van der Waals surface area contributed by atoms with Crippen molar-refractivity contribution >= 4 is 17.7 Å². The van der Waals surface area contributed by atoms with E-state index < -0.39 is 6.29 Å². The van der Waals surface area contributed by atoms with Crippen molar-refractivity contribution < 1.29 is 24.1 Å². The van der Waals surface area contributed by atoms with Crippen molar-refractivity contribution in [2.45, 2.75) is 19.3 Å². The molecule has 0 aliphatic carbocycles. The summed E-state index contributed by atoms with van der Waals surface area (Å²) < 4.78 is 17.0. The number of anilines is 1. The molecule has 6 heteroatoms. The normalized spacial score (nSPS) is 14.4. The highest BCUT2D eigenvalue weighted by Gasteiger charge is 2.18. The first-order valence-corrected chi connectivity index (χ1v) is 10.5. The molecule has 32 heavy (non-hydrogen) atoms. The third-order valence-corrected chi connectivity index (χ3v) is 4.91. The van der Waals surface area contributed by atoms with Crippen LogP contribution in [0.5, 0.6) is 11.5 Å². The van der Waals surface area contributed by atoms with Gasteiger partial charge in [-0.25, -0.2) is 0 Å². The summed E-state index contributed by atoms with van der Waals surface area (Å²) in [5, 5.41) is 12.8. The van der Waals surface area contributed by atoms with Gasteiger partial charge >= 0.3 is 0 Å². The molecule has 1 aliphatic rings. The van der Waals surface area contributed by atoms with Gasteiger partial charge in [0.2, 0.25) is 5.91 Å². The van der Waals surface area contributed by atoms with E-state index in [2.05, 4.69) is 5.32 Å². The summed E-state index contributed by atoms with van der Waals surface area (Å²) in [6, 6.07) is 22.3. The minimum Gasteiger partial charge on any atom is -0.506 e. The second-order valence-corrected chi connectivity index (χ2v) is 7.37. The fraction of sp³-hybridized carbons (Fsp3) is 0.192. The van der Waals surface area contributed by atoms with Gasteiger partial charge in [0.1, 0.15) is 18.1 Å². The average Bonchev–Trinajstić information content (AvgIpc) is 2.84. The van der Waals surface area contributed by atoms with E-state index in [1.807, 2.05) is 54.6 Å². The molecule has 1 fully saturated rings. The molecule has 0 unspecified atom stereocenters. The Balaban J connectivity index is 1.37. The molecular weight excluding hydrogens is 406 g/mol. The molecule has 0 spiro atoms. The number of nitrogens with one attached hydrogen (secondary N) is 1. The Hall–Kier alpha value is -3.61. The first-order valence-electron chi connectivity index (χ1n) is 10.5. The summed E-state index contributed by atoms with van der Waals surface area (Å²) in [4.78, 5) is 12.4. The molecule has 1 heterocycles. The summed E-state index contributed by atoms with van der Waals surface area (Å²) in [6.07, 6.45) is 3.46. The first kappa shape index (κ1) is 21.6. The minimum absolute atomic E-state index is 0.0254. The van der Waals surface area contributed by atoms with E-state index in [-0.39, 0.29) is 11.7 Å². The Labute approximate surface area is 187 Å². The number of ether oxygens (including phenoxy) is 3. The Morgan fingerprint density at radius 2 is 1.84 bits per heavy atom. The number of aromatic hydroxyl groups is 1. The van der Waals surface area contributed by atoms with Crippen LogP contribution < -0.4 is 10.1 Å². The maximum atomic E-state index is 12.4. The van der Waals surface area contributed by atoms with E-state index >= 15 is 0 Å². The minimum atomic E-state index is -0.492. The monoisotopic (exact) mass is 431 g/mol. The number of rotatable bonds is 7. The standard InChI is InChI=1S/C26H25NO5/c28-24-12-11-21(26-30-14-5-15-31-26)17-23(24)27-25(29)13-10-19-8-4-9-22(16-19)32-18-20-6-2-1-3-7-20/h1-4,6-13,16-17,26,28H,5,14-15,18H2,(H,27,29)/b13-10+. The van der Waals surface area contributed by atoms with Crippen molar-refractivity contribution in [3.05, 3.63) is 95.6 Å². The fourth-order valence-corrected chi connectivity index (χ4v) is 3.28. The maximum Gasteiger partial charge on any atom is 0.248 e. The molecule has 0 bridgehead atoms. The third-order valence-electron chi connectivity index (χ3n) is 4.91. The van der Waals surface area contributed by atoms with Crippen LogP contribution in [0.4, 0.5) is 5.69 Å². The number of amides is 1. The number of hydrogen-bond acceptors (Lipinski definition) is 5. The Morgan fingerprint density at radius 1 is 1.03 bits per heavy atom. The van der Waals surface area contributed by atoms with Crippen LogP contribution >= 0.6 is 0 Å². The lowest BCUT2D eigenvalue weighted by Gasteiger charge is -2.24. The van der Waals surface area contributed by atoms with Crippen LogP contribution in [0.15, 0.2) is 78.9 Å². The van der Waals surface area contributed by atoms with Crippen LogP contribution in [-0.4, -0.2) is 24.2 Å².